The van der Waals surface area contributed by atoms with E-state index in [1.54, 1.807) is 6.07 Å². The molecule has 1 aromatic heterocycles. The molecule has 1 fully saturated rings. The van der Waals surface area contributed by atoms with Crippen molar-refractivity contribution in [1.82, 2.24) is 4.90 Å². The van der Waals surface area contributed by atoms with E-state index in [4.69, 9.17) is 9.15 Å². The maximum absolute atomic E-state index is 12.8. The Labute approximate surface area is 159 Å². The number of benzene rings is 2. The fraction of sp³-hybridized carbons (Fsp3) is 0.348. The van der Waals surface area contributed by atoms with Gasteiger partial charge >= 0.3 is 0 Å². The Kier molecular flexibility index (Phi) is 4.88. The van der Waals surface area contributed by atoms with Gasteiger partial charge in [-0.15, -0.1) is 0 Å². The number of hydrogen-bond acceptors (Lipinski definition) is 3. The lowest BCUT2D eigenvalue weighted by Gasteiger charge is -2.38. The number of nitrogens with zero attached hydrogens (tertiary/aromatic N) is 1. The molecule has 0 bridgehead atoms. The van der Waals surface area contributed by atoms with Crippen LogP contribution in [0.1, 0.15) is 49.4 Å². The summed E-state index contributed by atoms with van der Waals surface area (Å²) in [5.74, 6) is 1.82. The van der Waals surface area contributed by atoms with Crippen molar-refractivity contribution in [3.8, 4) is 5.75 Å². The number of fused-ring (bicyclic) bond motifs is 1. The Morgan fingerprint density at radius 3 is 2.56 bits per heavy atom. The van der Waals surface area contributed by atoms with Gasteiger partial charge in [0, 0.05) is 12.1 Å². The molecule has 0 spiro atoms. The second kappa shape index (κ2) is 7.47. The standard InChI is InChI=1S/C23H25NO3/c1-16-6-5-7-17(2)24(16)23(25)22-13-12-21(27-22)15-26-20-11-10-18-8-3-4-9-19(18)14-20/h3-4,8-14,16-17H,5-7,15H2,1-2H3. The van der Waals surface area contributed by atoms with Crippen molar-refractivity contribution >= 4 is 16.7 Å². The van der Waals surface area contributed by atoms with Gasteiger partial charge in [-0.1, -0.05) is 30.3 Å². The van der Waals surface area contributed by atoms with E-state index >= 15 is 0 Å². The fourth-order valence-corrected chi connectivity index (χ4v) is 3.93. The average molecular weight is 363 g/mol. The summed E-state index contributed by atoms with van der Waals surface area (Å²) in [6.45, 7) is 4.53. The molecule has 2 heterocycles. The molecule has 4 nitrogen and oxygen atoms in total. The van der Waals surface area contributed by atoms with E-state index in [0.717, 1.165) is 24.0 Å². The molecule has 27 heavy (non-hydrogen) atoms. The number of carbonyl (C=O) groups is 1. The third-order valence-corrected chi connectivity index (χ3v) is 5.40. The second-order valence-corrected chi connectivity index (χ2v) is 7.40. The summed E-state index contributed by atoms with van der Waals surface area (Å²) < 4.78 is 11.7. The second-order valence-electron chi connectivity index (χ2n) is 7.40. The van der Waals surface area contributed by atoms with E-state index in [1.165, 1.54) is 11.8 Å². The fourth-order valence-electron chi connectivity index (χ4n) is 3.93. The minimum Gasteiger partial charge on any atom is -0.486 e. The van der Waals surface area contributed by atoms with Crippen LogP contribution in [-0.4, -0.2) is 22.9 Å². The molecule has 140 valence electrons. The van der Waals surface area contributed by atoms with E-state index in [9.17, 15) is 4.79 Å². The summed E-state index contributed by atoms with van der Waals surface area (Å²) in [4.78, 5) is 14.8. The van der Waals surface area contributed by atoms with Crippen LogP contribution in [0.4, 0.5) is 0 Å². The van der Waals surface area contributed by atoms with Crippen LogP contribution in [0.3, 0.4) is 0 Å². The predicted molar refractivity (Wildman–Crippen MR) is 106 cm³/mol. The van der Waals surface area contributed by atoms with Crippen molar-refractivity contribution in [1.29, 1.82) is 0 Å². The number of piperidine rings is 1. The molecule has 1 saturated heterocycles. The smallest absolute Gasteiger partial charge is 0.290 e. The molecule has 0 aliphatic carbocycles. The van der Waals surface area contributed by atoms with Crippen LogP contribution in [0.25, 0.3) is 10.8 Å². The number of ether oxygens (including phenoxy) is 1. The highest BCUT2D eigenvalue weighted by atomic mass is 16.5. The molecule has 0 radical (unpaired) electrons. The summed E-state index contributed by atoms with van der Waals surface area (Å²) in [7, 11) is 0. The lowest BCUT2D eigenvalue weighted by atomic mass is 9.97. The zero-order valence-corrected chi connectivity index (χ0v) is 15.9. The van der Waals surface area contributed by atoms with Crippen molar-refractivity contribution in [2.24, 2.45) is 0 Å². The molecule has 1 aliphatic rings. The van der Waals surface area contributed by atoms with E-state index < -0.39 is 0 Å². The molecular formula is C23H25NO3. The number of amides is 1. The highest BCUT2D eigenvalue weighted by Gasteiger charge is 2.31. The lowest BCUT2D eigenvalue weighted by molar-refractivity contribution is 0.0475. The topological polar surface area (TPSA) is 42.7 Å². The van der Waals surface area contributed by atoms with Gasteiger partial charge in [-0.3, -0.25) is 4.79 Å². The van der Waals surface area contributed by atoms with Crippen LogP contribution in [0.2, 0.25) is 0 Å². The Morgan fingerprint density at radius 1 is 1.04 bits per heavy atom. The van der Waals surface area contributed by atoms with E-state index in [0.29, 0.717) is 18.1 Å². The zero-order valence-electron chi connectivity index (χ0n) is 15.9. The van der Waals surface area contributed by atoms with Crippen LogP contribution in [0.15, 0.2) is 59.0 Å². The third-order valence-electron chi connectivity index (χ3n) is 5.40. The van der Waals surface area contributed by atoms with E-state index in [1.807, 2.05) is 41.3 Å². The van der Waals surface area contributed by atoms with Gasteiger partial charge in [-0.25, -0.2) is 0 Å². The summed E-state index contributed by atoms with van der Waals surface area (Å²) in [6.07, 6.45) is 3.28. The highest BCUT2D eigenvalue weighted by Crippen LogP contribution is 2.26. The molecule has 4 heteroatoms. The maximum Gasteiger partial charge on any atom is 0.290 e. The molecule has 2 aromatic carbocycles. The van der Waals surface area contributed by atoms with E-state index in [2.05, 4.69) is 26.0 Å². The molecule has 1 aliphatic heterocycles. The Hall–Kier alpha value is -2.75. The molecule has 1 amide bonds. The van der Waals surface area contributed by atoms with Gasteiger partial charge in [0.15, 0.2) is 5.76 Å². The molecule has 0 saturated carbocycles. The van der Waals surface area contributed by atoms with Gasteiger partial charge in [0.2, 0.25) is 0 Å². The minimum absolute atomic E-state index is 0.0216. The number of rotatable bonds is 4. The molecule has 2 unspecified atom stereocenters. The zero-order chi connectivity index (χ0) is 18.8. The molecule has 0 N–H and O–H groups in total. The largest absolute Gasteiger partial charge is 0.486 e. The molecular weight excluding hydrogens is 338 g/mol. The van der Waals surface area contributed by atoms with Gasteiger partial charge in [0.05, 0.1) is 0 Å². The van der Waals surface area contributed by atoms with Crippen LogP contribution < -0.4 is 4.74 Å². The Balaban J connectivity index is 1.43. The van der Waals surface area contributed by atoms with E-state index in [-0.39, 0.29) is 18.0 Å². The Bertz CT molecular complexity index is 935. The normalized spacial score (nSPS) is 20.0. The monoisotopic (exact) mass is 363 g/mol. The highest BCUT2D eigenvalue weighted by molar-refractivity contribution is 5.92. The summed E-state index contributed by atoms with van der Waals surface area (Å²) in [5.41, 5.74) is 0. The lowest BCUT2D eigenvalue weighted by Crippen LogP contribution is -2.47. The first-order valence-corrected chi connectivity index (χ1v) is 9.65. The summed E-state index contributed by atoms with van der Waals surface area (Å²) in [6, 6.07) is 18.3. The van der Waals surface area contributed by atoms with Gasteiger partial charge in [-0.05, 0) is 68.1 Å². The molecule has 4 rings (SSSR count). The van der Waals surface area contributed by atoms with Crippen LogP contribution in [-0.2, 0) is 6.61 Å². The average Bonchev–Trinajstić information content (AvgIpc) is 3.15. The summed E-state index contributed by atoms with van der Waals surface area (Å²) in [5, 5.41) is 2.32. The first-order valence-electron chi connectivity index (χ1n) is 9.65. The van der Waals surface area contributed by atoms with Crippen LogP contribution in [0.5, 0.6) is 5.75 Å². The first kappa shape index (κ1) is 17.7. The van der Waals surface area contributed by atoms with Crippen molar-refractivity contribution in [2.45, 2.75) is 51.8 Å². The molecule has 3 aromatic rings. The predicted octanol–water partition coefficient (Wildman–Crippen LogP) is 5.41. The van der Waals surface area contributed by atoms with Crippen LogP contribution >= 0.6 is 0 Å². The van der Waals surface area contributed by atoms with Crippen molar-refractivity contribution < 1.29 is 13.9 Å². The first-order chi connectivity index (χ1) is 13.1. The SMILES string of the molecule is CC1CCCC(C)N1C(=O)c1ccc(COc2ccc3ccccc3c2)o1. The van der Waals surface area contributed by atoms with Gasteiger partial charge in [0.25, 0.3) is 5.91 Å². The Morgan fingerprint density at radius 2 is 1.78 bits per heavy atom. The maximum atomic E-state index is 12.8. The van der Waals surface area contributed by atoms with Gasteiger partial charge in [-0.2, -0.15) is 0 Å². The summed E-state index contributed by atoms with van der Waals surface area (Å²) >= 11 is 0. The van der Waals surface area contributed by atoms with Crippen molar-refractivity contribution in [3.05, 3.63) is 66.1 Å². The minimum atomic E-state index is -0.0216. The number of furan rings is 1. The number of likely N-dealkylation sites (tertiary alicyclic amines) is 1. The van der Waals surface area contributed by atoms with Crippen molar-refractivity contribution in [3.63, 3.8) is 0 Å². The quantitative estimate of drug-likeness (QED) is 0.622. The number of carbonyl (C=O) groups excluding carboxylic acids is 1. The number of hydrogen-bond donors (Lipinski definition) is 0. The van der Waals surface area contributed by atoms with Crippen molar-refractivity contribution in [2.75, 3.05) is 0 Å². The molecule has 2 atom stereocenters. The van der Waals surface area contributed by atoms with Gasteiger partial charge < -0.3 is 14.1 Å². The van der Waals surface area contributed by atoms with Crippen LogP contribution in [0, 0.1) is 0 Å². The van der Waals surface area contributed by atoms with Gasteiger partial charge in [0.1, 0.15) is 18.1 Å². The third kappa shape index (κ3) is 3.70.